The maximum Gasteiger partial charge on any atom is 0.305 e. The number of aliphatic carboxylic acids is 1. The third-order valence-corrected chi connectivity index (χ3v) is 4.34. The summed E-state index contributed by atoms with van der Waals surface area (Å²) in [4.78, 5) is 24.8. The van der Waals surface area contributed by atoms with Gasteiger partial charge in [0.2, 0.25) is 0 Å². The van der Waals surface area contributed by atoms with Crippen molar-refractivity contribution in [1.29, 1.82) is 0 Å². The monoisotopic (exact) mass is 321 g/mol. The second-order valence-corrected chi connectivity index (χ2v) is 6.57. The molecule has 1 aromatic rings. The molecule has 1 aliphatic rings. The fraction of sp³-hybridized carbons (Fsp3) is 0.267. The number of thioether (sulfide) groups is 1. The molecule has 0 aromatic heterocycles. The molecule has 1 saturated heterocycles. The van der Waals surface area contributed by atoms with Crippen molar-refractivity contribution in [1.82, 2.24) is 4.90 Å². The van der Waals surface area contributed by atoms with E-state index in [1.807, 2.05) is 26.0 Å². The van der Waals surface area contributed by atoms with Crippen LogP contribution in [0.2, 0.25) is 0 Å². The van der Waals surface area contributed by atoms with Crippen molar-refractivity contribution in [3.63, 3.8) is 0 Å². The number of rotatable bonds is 4. The van der Waals surface area contributed by atoms with Crippen molar-refractivity contribution in [2.75, 3.05) is 6.54 Å². The van der Waals surface area contributed by atoms with Crippen molar-refractivity contribution in [3.05, 3.63) is 39.8 Å². The minimum absolute atomic E-state index is 0.108. The zero-order chi connectivity index (χ0) is 15.6. The maximum atomic E-state index is 12.3. The van der Waals surface area contributed by atoms with E-state index in [1.165, 1.54) is 16.7 Å². The lowest BCUT2D eigenvalue weighted by molar-refractivity contribution is -0.137. The highest BCUT2D eigenvalue weighted by atomic mass is 32.2. The SMILES string of the molecule is Cc1cc(C)cc(/C=C2\SC(=S)N(CCC(=O)O)C2=O)c1. The van der Waals surface area contributed by atoms with Gasteiger partial charge in [-0.05, 0) is 25.5 Å². The van der Waals surface area contributed by atoms with E-state index in [-0.39, 0.29) is 18.9 Å². The second-order valence-electron chi connectivity index (χ2n) is 4.90. The van der Waals surface area contributed by atoms with E-state index in [4.69, 9.17) is 17.3 Å². The van der Waals surface area contributed by atoms with E-state index >= 15 is 0 Å². The summed E-state index contributed by atoms with van der Waals surface area (Å²) in [6, 6.07) is 6.06. The summed E-state index contributed by atoms with van der Waals surface area (Å²) in [5.74, 6) is -1.16. The van der Waals surface area contributed by atoms with Crippen LogP contribution in [0.1, 0.15) is 23.1 Å². The highest BCUT2D eigenvalue weighted by molar-refractivity contribution is 8.26. The standard InChI is InChI=1S/C15H15NO3S2/c1-9-5-10(2)7-11(6-9)8-12-14(19)16(15(20)21-12)4-3-13(17)18/h5-8H,3-4H2,1-2H3,(H,17,18)/b12-8-. The van der Waals surface area contributed by atoms with E-state index in [9.17, 15) is 9.59 Å². The van der Waals surface area contributed by atoms with Gasteiger partial charge in [-0.3, -0.25) is 14.5 Å². The third-order valence-electron chi connectivity index (χ3n) is 2.96. The highest BCUT2D eigenvalue weighted by Crippen LogP contribution is 2.32. The molecule has 0 aliphatic carbocycles. The van der Waals surface area contributed by atoms with Crippen molar-refractivity contribution >= 4 is 46.3 Å². The Morgan fingerprint density at radius 1 is 1.33 bits per heavy atom. The Labute approximate surface area is 132 Å². The van der Waals surface area contributed by atoms with Gasteiger partial charge < -0.3 is 5.11 Å². The first-order valence-electron chi connectivity index (χ1n) is 6.42. The van der Waals surface area contributed by atoms with Crippen LogP contribution in [0.15, 0.2) is 23.1 Å². The van der Waals surface area contributed by atoms with Crippen LogP contribution in [0.4, 0.5) is 0 Å². The average molecular weight is 321 g/mol. The molecule has 21 heavy (non-hydrogen) atoms. The Balaban J connectivity index is 2.21. The number of amides is 1. The number of benzene rings is 1. The summed E-state index contributed by atoms with van der Waals surface area (Å²) < 4.78 is 0.414. The number of carbonyl (C=O) groups is 2. The number of nitrogens with zero attached hydrogens (tertiary/aromatic N) is 1. The number of hydrogen-bond acceptors (Lipinski definition) is 4. The lowest BCUT2D eigenvalue weighted by atomic mass is 10.1. The van der Waals surface area contributed by atoms with Crippen LogP contribution in [-0.4, -0.2) is 32.7 Å². The van der Waals surface area contributed by atoms with Crippen LogP contribution < -0.4 is 0 Å². The molecular formula is C15H15NO3S2. The molecule has 0 unspecified atom stereocenters. The minimum atomic E-state index is -0.942. The number of thiocarbonyl (C=S) groups is 1. The summed E-state index contributed by atoms with van der Waals surface area (Å²) in [5, 5.41) is 8.71. The van der Waals surface area contributed by atoms with Crippen LogP contribution in [0, 0.1) is 13.8 Å². The first-order chi connectivity index (χ1) is 9.86. The third kappa shape index (κ3) is 3.92. The lowest BCUT2D eigenvalue weighted by Crippen LogP contribution is -2.30. The van der Waals surface area contributed by atoms with Gasteiger partial charge >= 0.3 is 5.97 Å². The van der Waals surface area contributed by atoms with Crippen LogP contribution in [0.3, 0.4) is 0 Å². The molecule has 0 saturated carbocycles. The predicted molar refractivity (Wildman–Crippen MR) is 88.0 cm³/mol. The molecule has 0 atom stereocenters. The zero-order valence-electron chi connectivity index (χ0n) is 11.8. The smallest absolute Gasteiger partial charge is 0.305 e. The van der Waals surface area contributed by atoms with Gasteiger partial charge in [0.25, 0.3) is 5.91 Å². The topological polar surface area (TPSA) is 57.6 Å². The van der Waals surface area contributed by atoms with Gasteiger partial charge in [-0.1, -0.05) is 53.3 Å². The Morgan fingerprint density at radius 2 is 1.95 bits per heavy atom. The first-order valence-corrected chi connectivity index (χ1v) is 7.65. The molecule has 4 nitrogen and oxygen atoms in total. The Kier molecular flexibility index (Phi) is 4.80. The number of carbonyl (C=O) groups excluding carboxylic acids is 1. The van der Waals surface area contributed by atoms with Gasteiger partial charge in [0, 0.05) is 6.54 Å². The van der Waals surface area contributed by atoms with E-state index in [1.54, 1.807) is 6.08 Å². The maximum absolute atomic E-state index is 12.3. The Bertz CT molecular complexity index is 632. The minimum Gasteiger partial charge on any atom is -0.481 e. The normalized spacial score (nSPS) is 16.9. The van der Waals surface area contributed by atoms with E-state index in [0.717, 1.165) is 16.7 Å². The zero-order valence-corrected chi connectivity index (χ0v) is 13.4. The molecule has 1 amide bonds. The van der Waals surface area contributed by atoms with Crippen LogP contribution in [0.5, 0.6) is 0 Å². The van der Waals surface area contributed by atoms with Gasteiger partial charge in [-0.25, -0.2) is 0 Å². The molecule has 1 aromatic carbocycles. The quantitative estimate of drug-likeness (QED) is 0.682. The summed E-state index contributed by atoms with van der Waals surface area (Å²) >= 11 is 6.36. The molecule has 110 valence electrons. The van der Waals surface area contributed by atoms with Gasteiger partial charge in [0.1, 0.15) is 4.32 Å². The molecule has 1 N–H and O–H groups in total. The van der Waals surface area contributed by atoms with E-state index in [2.05, 4.69) is 6.07 Å². The summed E-state index contributed by atoms with van der Waals surface area (Å²) in [5.41, 5.74) is 3.21. The molecule has 0 radical (unpaired) electrons. The average Bonchev–Trinajstić information content (AvgIpc) is 2.61. The summed E-state index contributed by atoms with van der Waals surface area (Å²) in [6.45, 7) is 4.12. The lowest BCUT2D eigenvalue weighted by Gasteiger charge is -2.12. The van der Waals surface area contributed by atoms with Gasteiger partial charge in [-0.15, -0.1) is 0 Å². The van der Waals surface area contributed by atoms with Gasteiger partial charge in [-0.2, -0.15) is 0 Å². The van der Waals surface area contributed by atoms with Crippen molar-refractivity contribution in [2.24, 2.45) is 0 Å². The Morgan fingerprint density at radius 3 is 2.52 bits per heavy atom. The molecule has 1 heterocycles. The van der Waals surface area contributed by atoms with Crippen molar-refractivity contribution in [3.8, 4) is 0 Å². The van der Waals surface area contributed by atoms with Crippen LogP contribution >= 0.6 is 24.0 Å². The van der Waals surface area contributed by atoms with Crippen molar-refractivity contribution in [2.45, 2.75) is 20.3 Å². The molecule has 0 bridgehead atoms. The second kappa shape index (κ2) is 6.41. The number of carboxylic acid groups (broad SMARTS) is 1. The first kappa shape index (κ1) is 15.7. The van der Waals surface area contributed by atoms with E-state index < -0.39 is 5.97 Å². The largest absolute Gasteiger partial charge is 0.481 e. The van der Waals surface area contributed by atoms with Gasteiger partial charge in [0.05, 0.1) is 11.3 Å². The number of hydrogen-bond donors (Lipinski definition) is 1. The highest BCUT2D eigenvalue weighted by Gasteiger charge is 2.31. The Hall–Kier alpha value is -1.66. The fourth-order valence-corrected chi connectivity index (χ4v) is 3.45. The van der Waals surface area contributed by atoms with E-state index in [0.29, 0.717) is 9.23 Å². The molecule has 6 heteroatoms. The van der Waals surface area contributed by atoms with Gasteiger partial charge in [0.15, 0.2) is 0 Å². The van der Waals surface area contributed by atoms with Crippen molar-refractivity contribution < 1.29 is 14.7 Å². The fourth-order valence-electron chi connectivity index (χ4n) is 2.14. The van der Waals surface area contributed by atoms with Crippen LogP contribution in [-0.2, 0) is 9.59 Å². The van der Waals surface area contributed by atoms with Crippen LogP contribution in [0.25, 0.3) is 6.08 Å². The molecule has 1 fully saturated rings. The molecular weight excluding hydrogens is 306 g/mol. The molecule has 2 rings (SSSR count). The molecule has 0 spiro atoms. The predicted octanol–water partition coefficient (Wildman–Crippen LogP) is 2.98. The molecule has 1 aliphatic heterocycles. The summed E-state index contributed by atoms with van der Waals surface area (Å²) in [6.07, 6.45) is 1.70. The number of aryl methyl sites for hydroxylation is 2. The summed E-state index contributed by atoms with van der Waals surface area (Å²) in [7, 11) is 0. The number of carboxylic acids is 1.